The minimum absolute atomic E-state index is 0.0643. The Morgan fingerprint density at radius 1 is 0.873 bits per heavy atom. The van der Waals surface area contributed by atoms with Crippen LogP contribution in [0.3, 0.4) is 0 Å². The number of hydrogen-bond acceptors (Lipinski definition) is 11. The van der Waals surface area contributed by atoms with Crippen LogP contribution in [0, 0.1) is 18.8 Å². The van der Waals surface area contributed by atoms with Crippen molar-refractivity contribution in [1.82, 2.24) is 49.8 Å². The molecule has 3 aromatic carbocycles. The smallest absolute Gasteiger partial charge is 0.264 e. The molecule has 316 valence electrons. The number of rotatable bonds is 12. The van der Waals surface area contributed by atoms with Crippen molar-refractivity contribution in [3.63, 3.8) is 0 Å². The SMILES string of the molecule is Cc1nnc2n1-c1ccc(-c3cnn(C)c3)cc1C(c1ccc(C#CCCCCCCn3cc(CNc4cccc5c4C(=O)N(C4CCC(=O)NC4=O)C5=O)nn3)cc1)=NC21CC1. The van der Waals surface area contributed by atoms with Crippen LogP contribution in [0.15, 0.2) is 84.2 Å². The van der Waals surface area contributed by atoms with E-state index in [2.05, 4.69) is 95.1 Å². The van der Waals surface area contributed by atoms with Crippen molar-refractivity contribution in [2.24, 2.45) is 12.0 Å². The zero-order chi connectivity index (χ0) is 43.2. The molecule has 6 aromatic rings. The Morgan fingerprint density at radius 2 is 1.70 bits per heavy atom. The molecule has 1 atom stereocenters. The summed E-state index contributed by atoms with van der Waals surface area (Å²) in [5.74, 6) is 6.31. The van der Waals surface area contributed by atoms with Crippen LogP contribution in [-0.4, -0.2) is 79.8 Å². The lowest BCUT2D eigenvalue weighted by Crippen LogP contribution is -2.54. The molecule has 10 rings (SSSR count). The average molecular weight is 841 g/mol. The van der Waals surface area contributed by atoms with Crippen molar-refractivity contribution < 1.29 is 19.2 Å². The van der Waals surface area contributed by atoms with Crippen LogP contribution in [0.2, 0.25) is 0 Å². The van der Waals surface area contributed by atoms with Gasteiger partial charge in [0.25, 0.3) is 11.8 Å². The summed E-state index contributed by atoms with van der Waals surface area (Å²) < 4.78 is 5.80. The molecule has 1 aliphatic carbocycles. The highest BCUT2D eigenvalue weighted by molar-refractivity contribution is 6.25. The van der Waals surface area contributed by atoms with Gasteiger partial charge in [0.05, 0.1) is 41.5 Å². The predicted molar refractivity (Wildman–Crippen MR) is 232 cm³/mol. The molecule has 1 spiro atoms. The Hall–Kier alpha value is -7.54. The van der Waals surface area contributed by atoms with E-state index in [-0.39, 0.29) is 29.5 Å². The first-order valence-corrected chi connectivity index (χ1v) is 21.4. The summed E-state index contributed by atoms with van der Waals surface area (Å²) in [7, 11) is 1.92. The maximum atomic E-state index is 13.4. The fourth-order valence-corrected chi connectivity index (χ4v) is 8.71. The van der Waals surface area contributed by atoms with Gasteiger partial charge in [0.2, 0.25) is 11.8 Å². The fourth-order valence-electron chi connectivity index (χ4n) is 8.71. The number of hydrogen-bond donors (Lipinski definition) is 2. The van der Waals surface area contributed by atoms with E-state index < -0.39 is 29.7 Å². The number of nitrogens with one attached hydrogen (secondary N) is 2. The Labute approximate surface area is 362 Å². The molecular weight excluding hydrogens is 797 g/mol. The van der Waals surface area contributed by atoms with Gasteiger partial charge in [-0.1, -0.05) is 54.2 Å². The van der Waals surface area contributed by atoms with E-state index in [9.17, 15) is 19.2 Å². The lowest BCUT2D eigenvalue weighted by molar-refractivity contribution is -0.136. The number of imide groups is 2. The van der Waals surface area contributed by atoms with Gasteiger partial charge in [0.15, 0.2) is 5.82 Å². The van der Waals surface area contributed by atoms with Crippen molar-refractivity contribution in [3.8, 4) is 28.7 Å². The second-order valence-electron chi connectivity index (χ2n) is 16.6. The molecule has 2 N–H and O–H groups in total. The minimum atomic E-state index is -1.02. The number of nitrogens with zero attached hydrogens (tertiary/aromatic N) is 10. The van der Waals surface area contributed by atoms with Gasteiger partial charge in [-0.15, -0.1) is 15.3 Å². The van der Waals surface area contributed by atoms with E-state index in [1.807, 2.05) is 41.9 Å². The molecule has 0 bridgehead atoms. The van der Waals surface area contributed by atoms with Crippen LogP contribution in [0.1, 0.15) is 113 Å². The van der Waals surface area contributed by atoms with E-state index in [0.717, 1.165) is 107 Å². The molecule has 3 aliphatic heterocycles. The van der Waals surface area contributed by atoms with Gasteiger partial charge in [-0.2, -0.15) is 5.10 Å². The lowest BCUT2D eigenvalue weighted by Gasteiger charge is -2.27. The maximum absolute atomic E-state index is 13.4. The summed E-state index contributed by atoms with van der Waals surface area (Å²) >= 11 is 0. The third-order valence-corrected chi connectivity index (χ3v) is 12.2. The molecule has 1 unspecified atom stereocenters. The first-order valence-electron chi connectivity index (χ1n) is 21.4. The summed E-state index contributed by atoms with van der Waals surface area (Å²) in [4.78, 5) is 57.1. The molecule has 0 radical (unpaired) electrons. The highest BCUT2D eigenvalue weighted by atomic mass is 16.2. The van der Waals surface area contributed by atoms with Crippen molar-refractivity contribution in [1.29, 1.82) is 0 Å². The molecule has 4 aliphatic rings. The lowest BCUT2D eigenvalue weighted by atomic mass is 9.96. The summed E-state index contributed by atoms with van der Waals surface area (Å²) in [6, 6.07) is 18.9. The third-order valence-electron chi connectivity index (χ3n) is 12.2. The molecule has 2 fully saturated rings. The zero-order valence-corrected chi connectivity index (χ0v) is 35.0. The predicted octanol–water partition coefficient (Wildman–Crippen LogP) is 5.42. The normalized spacial score (nSPS) is 17.1. The van der Waals surface area contributed by atoms with E-state index >= 15 is 0 Å². The molecule has 63 heavy (non-hydrogen) atoms. The number of benzene rings is 3. The van der Waals surface area contributed by atoms with Crippen molar-refractivity contribution in [2.75, 3.05) is 5.32 Å². The quantitative estimate of drug-likeness (QED) is 0.0915. The third kappa shape index (κ3) is 7.49. The molecule has 3 aromatic heterocycles. The van der Waals surface area contributed by atoms with Crippen molar-refractivity contribution >= 4 is 35.0 Å². The molecule has 4 amide bonds. The van der Waals surface area contributed by atoms with Crippen LogP contribution in [0.4, 0.5) is 5.69 Å². The monoisotopic (exact) mass is 840 g/mol. The van der Waals surface area contributed by atoms with Gasteiger partial charge in [-0.05, 0) is 81.0 Å². The average Bonchev–Trinajstić information content (AvgIpc) is 3.53. The highest BCUT2D eigenvalue weighted by Gasteiger charge is 2.51. The number of aliphatic imine (C=N–C) groups is 1. The van der Waals surface area contributed by atoms with Gasteiger partial charge in [-0.3, -0.25) is 48.3 Å². The minimum Gasteiger partial charge on any atom is -0.379 e. The largest absolute Gasteiger partial charge is 0.379 e. The summed E-state index contributed by atoms with van der Waals surface area (Å²) in [5.41, 5.74) is 8.35. The Balaban J connectivity index is 0.710. The standard InChI is InChI=1S/C47H44N12O4/c1-29-52-54-46-47(21-22-47)51-42(36-24-32(17-18-38(36)58(29)46)33-25-49-56(2)27-33)31-15-13-30(14-16-31)10-7-5-3-4-6-8-23-57-28-34(53-55-57)26-48-37-12-9-11-35-41(37)45(63)59(44(35)62)39-19-20-40(60)50-43(39)61/h9,11-18,24-25,27-28,39,48H,3-6,8,19-23,26H2,1-2H3,(H,50,60,61). The van der Waals surface area contributed by atoms with Crippen LogP contribution >= 0.6 is 0 Å². The Bertz CT molecular complexity index is 2920. The molecule has 16 nitrogen and oxygen atoms in total. The molecule has 16 heteroatoms. The highest BCUT2D eigenvalue weighted by Crippen LogP contribution is 2.52. The fraction of sp³-hybridized carbons (Fsp3) is 0.319. The summed E-state index contributed by atoms with van der Waals surface area (Å²) in [6.45, 7) is 3.01. The number of piperidine rings is 1. The molecule has 1 saturated heterocycles. The Kier molecular flexibility index (Phi) is 10.1. The first kappa shape index (κ1) is 39.6. The molecule has 6 heterocycles. The van der Waals surface area contributed by atoms with E-state index in [1.165, 1.54) is 0 Å². The van der Waals surface area contributed by atoms with Gasteiger partial charge in [0, 0.05) is 60.6 Å². The topological polar surface area (TPSA) is 187 Å². The second-order valence-corrected chi connectivity index (χ2v) is 16.6. The number of aryl methyl sites for hydroxylation is 3. The second kappa shape index (κ2) is 16.1. The first-order chi connectivity index (χ1) is 30.7. The number of carbonyl (C=O) groups excluding carboxylic acids is 4. The van der Waals surface area contributed by atoms with Gasteiger partial charge in [-0.25, -0.2) is 0 Å². The van der Waals surface area contributed by atoms with Crippen LogP contribution in [0.5, 0.6) is 0 Å². The zero-order valence-electron chi connectivity index (χ0n) is 35.0. The number of carbonyl (C=O) groups is 4. The van der Waals surface area contributed by atoms with Gasteiger partial charge < -0.3 is 5.32 Å². The van der Waals surface area contributed by atoms with E-state index in [0.29, 0.717) is 17.9 Å². The molecule has 1 saturated carbocycles. The summed E-state index contributed by atoms with van der Waals surface area (Å²) in [5, 5.41) is 27.5. The van der Waals surface area contributed by atoms with E-state index in [1.54, 1.807) is 18.2 Å². The molecular formula is C47H44N12O4. The number of unbranched alkanes of at least 4 members (excludes halogenated alkanes) is 4. The number of fused-ring (bicyclic) bond motifs is 5. The van der Waals surface area contributed by atoms with Crippen LogP contribution < -0.4 is 10.6 Å². The summed E-state index contributed by atoms with van der Waals surface area (Å²) in [6.07, 6.45) is 12.6. The van der Waals surface area contributed by atoms with Crippen molar-refractivity contribution in [2.45, 2.75) is 89.4 Å². The van der Waals surface area contributed by atoms with Crippen LogP contribution in [-0.2, 0) is 35.3 Å². The van der Waals surface area contributed by atoms with Gasteiger partial charge in [0.1, 0.15) is 23.1 Å². The van der Waals surface area contributed by atoms with Crippen LogP contribution in [0.25, 0.3) is 16.8 Å². The number of anilines is 1. The maximum Gasteiger partial charge on any atom is 0.264 e. The Morgan fingerprint density at radius 3 is 2.49 bits per heavy atom. The number of amides is 4. The van der Waals surface area contributed by atoms with Gasteiger partial charge >= 0.3 is 0 Å². The van der Waals surface area contributed by atoms with E-state index in [4.69, 9.17) is 4.99 Å². The number of aromatic nitrogens is 8. The van der Waals surface area contributed by atoms with Crippen molar-refractivity contribution in [3.05, 3.63) is 124 Å².